The second kappa shape index (κ2) is 14.0. The van der Waals surface area contributed by atoms with Crippen LogP contribution in [-0.4, -0.2) is 92.1 Å². The predicted molar refractivity (Wildman–Crippen MR) is 107 cm³/mol. The summed E-state index contributed by atoms with van der Waals surface area (Å²) < 4.78 is 0. The van der Waals surface area contributed by atoms with Crippen LogP contribution in [0.3, 0.4) is 0 Å². The molecular formula is C17H25N5O12. The molecule has 0 saturated heterocycles. The largest absolute Gasteiger partial charge is 0.481 e. The van der Waals surface area contributed by atoms with Gasteiger partial charge in [-0.3, -0.25) is 33.6 Å². The van der Waals surface area contributed by atoms with Crippen molar-refractivity contribution in [2.45, 2.75) is 56.3 Å². The third-order valence-corrected chi connectivity index (χ3v) is 4.04. The molecule has 0 heterocycles. The van der Waals surface area contributed by atoms with Gasteiger partial charge in [-0.25, -0.2) is 4.79 Å². The van der Waals surface area contributed by atoms with Crippen molar-refractivity contribution in [3.63, 3.8) is 0 Å². The van der Waals surface area contributed by atoms with Crippen LogP contribution in [0.25, 0.3) is 0 Å². The highest BCUT2D eigenvalue weighted by atomic mass is 16.4. The van der Waals surface area contributed by atoms with Crippen LogP contribution in [0.15, 0.2) is 0 Å². The molecule has 0 saturated carbocycles. The molecule has 34 heavy (non-hydrogen) atoms. The second-order valence-electron chi connectivity index (χ2n) is 6.93. The molecule has 0 aromatic heterocycles. The number of amides is 4. The number of hydrogen-bond acceptors (Lipinski definition) is 9. The van der Waals surface area contributed by atoms with E-state index >= 15 is 0 Å². The zero-order chi connectivity index (χ0) is 26.6. The number of rotatable bonds is 16. The number of nitrogens with one attached hydrogen (secondary N) is 3. The number of carboxylic acid groups (broad SMARTS) is 4. The summed E-state index contributed by atoms with van der Waals surface area (Å²) in [4.78, 5) is 91.9. The summed E-state index contributed by atoms with van der Waals surface area (Å²) >= 11 is 0. The third kappa shape index (κ3) is 11.9. The van der Waals surface area contributed by atoms with E-state index < -0.39 is 104 Å². The Labute approximate surface area is 190 Å². The highest BCUT2D eigenvalue weighted by Crippen LogP contribution is 2.03. The summed E-state index contributed by atoms with van der Waals surface area (Å²) in [5.74, 6) is -10.9. The molecule has 190 valence electrons. The first-order chi connectivity index (χ1) is 15.6. The van der Waals surface area contributed by atoms with E-state index in [2.05, 4.69) is 0 Å². The topological polar surface area (TPSA) is 306 Å². The maximum absolute atomic E-state index is 12.5. The zero-order valence-electron chi connectivity index (χ0n) is 17.6. The summed E-state index contributed by atoms with van der Waals surface area (Å²) in [5, 5.41) is 41.2. The molecule has 4 amide bonds. The average Bonchev–Trinajstić information content (AvgIpc) is 2.68. The molecule has 0 aliphatic heterocycles. The fraction of sp³-hybridized carbons (Fsp3) is 0.529. The van der Waals surface area contributed by atoms with Crippen molar-refractivity contribution in [3.8, 4) is 0 Å². The Bertz CT molecular complexity index is 845. The summed E-state index contributed by atoms with van der Waals surface area (Å²) in [6.45, 7) is 0. The molecule has 0 aromatic carbocycles. The van der Waals surface area contributed by atoms with Crippen molar-refractivity contribution < 1.29 is 58.8 Å². The molecule has 0 fully saturated rings. The number of aliphatic carboxylic acids is 4. The van der Waals surface area contributed by atoms with E-state index in [9.17, 15) is 38.4 Å². The molecule has 0 rings (SSSR count). The van der Waals surface area contributed by atoms with Crippen LogP contribution in [0.5, 0.6) is 0 Å². The fourth-order valence-corrected chi connectivity index (χ4v) is 2.42. The van der Waals surface area contributed by atoms with Crippen molar-refractivity contribution in [2.24, 2.45) is 11.5 Å². The number of carbonyl (C=O) groups is 8. The van der Waals surface area contributed by atoms with Gasteiger partial charge in [0.05, 0.1) is 25.3 Å². The van der Waals surface area contributed by atoms with Crippen molar-refractivity contribution >= 4 is 47.5 Å². The van der Waals surface area contributed by atoms with Crippen LogP contribution in [0.2, 0.25) is 0 Å². The Hall–Kier alpha value is -4.28. The molecule has 0 spiro atoms. The van der Waals surface area contributed by atoms with Gasteiger partial charge in [-0.15, -0.1) is 0 Å². The molecular weight excluding hydrogens is 466 g/mol. The Kier molecular flexibility index (Phi) is 12.2. The molecule has 0 aliphatic rings. The Balaban J connectivity index is 5.56. The van der Waals surface area contributed by atoms with E-state index in [0.29, 0.717) is 0 Å². The van der Waals surface area contributed by atoms with E-state index in [1.807, 2.05) is 16.0 Å². The summed E-state index contributed by atoms with van der Waals surface area (Å²) in [7, 11) is 0. The van der Waals surface area contributed by atoms with Gasteiger partial charge in [0, 0.05) is 6.42 Å². The number of hydrogen-bond donors (Lipinski definition) is 9. The molecule has 17 heteroatoms. The van der Waals surface area contributed by atoms with Gasteiger partial charge in [-0.05, 0) is 6.42 Å². The maximum Gasteiger partial charge on any atom is 0.326 e. The van der Waals surface area contributed by atoms with Crippen LogP contribution in [0, 0.1) is 0 Å². The number of primary amides is 1. The van der Waals surface area contributed by atoms with Gasteiger partial charge in [0.1, 0.15) is 18.1 Å². The molecule has 0 bridgehead atoms. The van der Waals surface area contributed by atoms with Gasteiger partial charge in [-0.1, -0.05) is 0 Å². The summed E-state index contributed by atoms with van der Waals surface area (Å²) in [6, 6.07) is -7.04. The van der Waals surface area contributed by atoms with Crippen molar-refractivity contribution in [2.75, 3.05) is 0 Å². The monoisotopic (exact) mass is 491 g/mol. The molecule has 4 atom stereocenters. The first-order valence-electron chi connectivity index (χ1n) is 9.47. The van der Waals surface area contributed by atoms with Crippen LogP contribution < -0.4 is 27.4 Å². The van der Waals surface area contributed by atoms with E-state index in [0.717, 1.165) is 0 Å². The lowest BCUT2D eigenvalue weighted by molar-refractivity contribution is -0.144. The number of carboxylic acids is 4. The molecule has 0 radical (unpaired) electrons. The van der Waals surface area contributed by atoms with Crippen LogP contribution in [0.1, 0.15) is 32.1 Å². The SMILES string of the molecule is NC(=O)CC(NC(=O)C(CC(=O)O)NC(=O)C(N)CC(=O)O)C(=O)NC(CCC(=O)O)C(=O)O. The lowest BCUT2D eigenvalue weighted by atomic mass is 10.1. The first-order valence-corrected chi connectivity index (χ1v) is 9.47. The van der Waals surface area contributed by atoms with Gasteiger partial charge in [0.25, 0.3) is 0 Å². The summed E-state index contributed by atoms with van der Waals surface area (Å²) in [5.41, 5.74) is 10.4. The van der Waals surface area contributed by atoms with Crippen molar-refractivity contribution in [1.29, 1.82) is 0 Å². The number of nitrogens with two attached hydrogens (primary N) is 2. The van der Waals surface area contributed by atoms with E-state index in [1.54, 1.807) is 0 Å². The van der Waals surface area contributed by atoms with Gasteiger partial charge in [-0.2, -0.15) is 0 Å². The third-order valence-electron chi connectivity index (χ3n) is 4.04. The summed E-state index contributed by atoms with van der Waals surface area (Å²) in [6.07, 6.45) is -3.90. The fourth-order valence-electron chi connectivity index (χ4n) is 2.42. The Morgan fingerprint density at radius 3 is 1.47 bits per heavy atom. The lowest BCUT2D eigenvalue weighted by Crippen LogP contribution is -2.58. The Morgan fingerprint density at radius 1 is 0.618 bits per heavy atom. The molecule has 11 N–H and O–H groups in total. The van der Waals surface area contributed by atoms with E-state index in [-0.39, 0.29) is 0 Å². The zero-order valence-corrected chi connectivity index (χ0v) is 17.6. The molecule has 17 nitrogen and oxygen atoms in total. The number of carbonyl (C=O) groups excluding carboxylic acids is 4. The van der Waals surface area contributed by atoms with Gasteiger partial charge in [0.2, 0.25) is 23.6 Å². The molecule has 0 aliphatic carbocycles. The lowest BCUT2D eigenvalue weighted by Gasteiger charge is -2.24. The van der Waals surface area contributed by atoms with Crippen molar-refractivity contribution in [3.05, 3.63) is 0 Å². The highest BCUT2D eigenvalue weighted by Gasteiger charge is 2.32. The standard InChI is InChI=1S/C17H25N5O12/c18-6(3-12(26)27)14(30)21-9(5-13(28)29)16(32)22-8(4-10(19)23)15(31)20-7(17(33)34)1-2-11(24)25/h6-9H,1-5,18H2,(H2,19,23)(H,20,31)(H,21,30)(H,22,32)(H,24,25)(H,26,27)(H,28,29)(H,33,34). The predicted octanol–water partition coefficient (Wildman–Crippen LogP) is -4.46. The molecule has 4 unspecified atom stereocenters. The maximum atomic E-state index is 12.5. The minimum atomic E-state index is -1.87. The minimum absolute atomic E-state index is 0.535. The highest BCUT2D eigenvalue weighted by molar-refractivity contribution is 5.97. The van der Waals surface area contributed by atoms with Crippen molar-refractivity contribution in [1.82, 2.24) is 16.0 Å². The Morgan fingerprint density at radius 2 is 1.06 bits per heavy atom. The first kappa shape index (κ1) is 29.7. The smallest absolute Gasteiger partial charge is 0.326 e. The van der Waals surface area contributed by atoms with Crippen LogP contribution in [-0.2, 0) is 38.4 Å². The minimum Gasteiger partial charge on any atom is -0.481 e. The quantitative estimate of drug-likeness (QED) is 0.0984. The van der Waals surface area contributed by atoms with Crippen LogP contribution >= 0.6 is 0 Å². The van der Waals surface area contributed by atoms with E-state index in [4.69, 9.17) is 31.9 Å². The molecule has 0 aromatic rings. The van der Waals surface area contributed by atoms with Gasteiger partial charge >= 0.3 is 23.9 Å². The van der Waals surface area contributed by atoms with E-state index in [1.165, 1.54) is 0 Å². The average molecular weight is 491 g/mol. The van der Waals surface area contributed by atoms with Gasteiger partial charge < -0.3 is 47.8 Å². The van der Waals surface area contributed by atoms with Crippen LogP contribution in [0.4, 0.5) is 0 Å². The second-order valence-corrected chi connectivity index (χ2v) is 6.93. The van der Waals surface area contributed by atoms with Gasteiger partial charge in [0.15, 0.2) is 0 Å². The normalized spacial score (nSPS) is 13.9.